The standard InChI is InChI=1S/C22H24N4S/c1-14(2)25-13-17(16-8-4-5-10-19(16)25)21-20(18-9-6-7-11-23-18)24-22-26(21)12-15(3)27-22/h4-11,13-15,20-21H,12H2,1-3H3/t15-,20-,21+/m0/s1. The van der Waals surface area contributed by atoms with Crippen LogP contribution in [0.2, 0.25) is 0 Å². The van der Waals surface area contributed by atoms with Crippen molar-refractivity contribution in [3.8, 4) is 0 Å². The highest BCUT2D eigenvalue weighted by Gasteiger charge is 2.44. The Morgan fingerprint density at radius 1 is 1.11 bits per heavy atom. The summed E-state index contributed by atoms with van der Waals surface area (Å²) in [7, 11) is 0. The average Bonchev–Trinajstić information content (AvgIpc) is 3.32. The van der Waals surface area contributed by atoms with Crippen LogP contribution >= 0.6 is 11.8 Å². The van der Waals surface area contributed by atoms with Gasteiger partial charge in [-0.05, 0) is 32.0 Å². The molecule has 0 spiro atoms. The first-order valence-corrected chi connectivity index (χ1v) is 10.5. The molecule has 1 fully saturated rings. The SMILES string of the molecule is CC(C)n1cc([C@@H]2[C@H](c3ccccn3)N=C3S[C@@H](C)CN32)c2ccccc21. The molecule has 27 heavy (non-hydrogen) atoms. The Morgan fingerprint density at radius 3 is 2.70 bits per heavy atom. The van der Waals surface area contributed by atoms with Gasteiger partial charge in [-0.2, -0.15) is 0 Å². The van der Waals surface area contributed by atoms with Crippen molar-refractivity contribution in [2.75, 3.05) is 6.54 Å². The van der Waals surface area contributed by atoms with E-state index in [1.165, 1.54) is 21.6 Å². The number of nitrogens with zero attached hydrogens (tertiary/aromatic N) is 4. The van der Waals surface area contributed by atoms with Gasteiger partial charge in [0, 0.05) is 46.7 Å². The van der Waals surface area contributed by atoms with Crippen LogP contribution in [0.15, 0.2) is 59.9 Å². The molecule has 3 atom stereocenters. The lowest BCUT2D eigenvalue weighted by Crippen LogP contribution is -2.28. The molecule has 0 amide bonds. The normalized spacial score (nSPS) is 24.7. The lowest BCUT2D eigenvalue weighted by molar-refractivity contribution is 0.322. The van der Waals surface area contributed by atoms with E-state index in [4.69, 9.17) is 4.99 Å². The number of hydrogen-bond donors (Lipinski definition) is 0. The van der Waals surface area contributed by atoms with Gasteiger partial charge in [0.15, 0.2) is 5.17 Å². The lowest BCUT2D eigenvalue weighted by Gasteiger charge is -2.27. The van der Waals surface area contributed by atoms with Crippen molar-refractivity contribution in [1.82, 2.24) is 14.5 Å². The Morgan fingerprint density at radius 2 is 1.93 bits per heavy atom. The number of amidine groups is 1. The zero-order valence-electron chi connectivity index (χ0n) is 15.9. The molecule has 138 valence electrons. The van der Waals surface area contributed by atoms with Crippen LogP contribution in [-0.2, 0) is 0 Å². The molecular formula is C22H24N4S. The van der Waals surface area contributed by atoms with E-state index in [1.54, 1.807) is 0 Å². The van der Waals surface area contributed by atoms with Crippen molar-refractivity contribution in [2.24, 2.45) is 4.99 Å². The molecule has 0 saturated carbocycles. The Labute approximate surface area is 164 Å². The number of thioether (sulfide) groups is 1. The first-order chi connectivity index (χ1) is 13.1. The second kappa shape index (κ2) is 6.41. The second-order valence-electron chi connectivity index (χ2n) is 7.74. The lowest BCUT2D eigenvalue weighted by atomic mass is 9.96. The number of benzene rings is 1. The minimum Gasteiger partial charge on any atom is -0.345 e. The highest BCUT2D eigenvalue weighted by Crippen LogP contribution is 2.49. The molecule has 0 unspecified atom stereocenters. The van der Waals surface area contributed by atoms with Crippen LogP contribution in [0, 0.1) is 0 Å². The Balaban J connectivity index is 1.69. The van der Waals surface area contributed by atoms with Crippen molar-refractivity contribution in [1.29, 1.82) is 0 Å². The number of aromatic nitrogens is 2. The molecule has 2 aromatic heterocycles. The summed E-state index contributed by atoms with van der Waals surface area (Å²) in [6, 6.07) is 15.6. The van der Waals surface area contributed by atoms with Gasteiger partial charge in [0.2, 0.25) is 0 Å². The third kappa shape index (κ3) is 2.67. The van der Waals surface area contributed by atoms with Crippen LogP contribution in [0.5, 0.6) is 0 Å². The fourth-order valence-electron chi connectivity index (χ4n) is 4.35. The van der Waals surface area contributed by atoms with Crippen LogP contribution < -0.4 is 0 Å². The van der Waals surface area contributed by atoms with Crippen LogP contribution in [0.25, 0.3) is 10.9 Å². The van der Waals surface area contributed by atoms with Crippen molar-refractivity contribution in [3.63, 3.8) is 0 Å². The number of fused-ring (bicyclic) bond motifs is 2. The van der Waals surface area contributed by atoms with Crippen molar-refractivity contribution >= 4 is 27.8 Å². The quantitative estimate of drug-likeness (QED) is 0.629. The van der Waals surface area contributed by atoms with Gasteiger partial charge in [0.05, 0.1) is 11.7 Å². The predicted octanol–water partition coefficient (Wildman–Crippen LogP) is 5.21. The summed E-state index contributed by atoms with van der Waals surface area (Å²) in [4.78, 5) is 12.3. The molecule has 3 aromatic rings. The summed E-state index contributed by atoms with van der Waals surface area (Å²) < 4.78 is 2.39. The summed E-state index contributed by atoms with van der Waals surface area (Å²) in [6.45, 7) is 7.82. The molecule has 5 rings (SSSR count). The van der Waals surface area contributed by atoms with Gasteiger partial charge in [-0.15, -0.1) is 0 Å². The molecule has 0 radical (unpaired) electrons. The zero-order valence-corrected chi connectivity index (χ0v) is 16.7. The monoisotopic (exact) mass is 376 g/mol. The maximum absolute atomic E-state index is 5.12. The summed E-state index contributed by atoms with van der Waals surface area (Å²) >= 11 is 1.89. The highest BCUT2D eigenvalue weighted by molar-refractivity contribution is 8.14. The molecular weight excluding hydrogens is 352 g/mol. The molecule has 4 nitrogen and oxygen atoms in total. The molecule has 0 aliphatic carbocycles. The molecule has 5 heteroatoms. The van der Waals surface area contributed by atoms with E-state index in [-0.39, 0.29) is 12.1 Å². The van der Waals surface area contributed by atoms with Gasteiger partial charge in [-0.25, -0.2) is 0 Å². The van der Waals surface area contributed by atoms with E-state index in [0.717, 1.165) is 12.2 Å². The summed E-state index contributed by atoms with van der Waals surface area (Å²) in [5.74, 6) is 0. The van der Waals surface area contributed by atoms with Gasteiger partial charge in [0.1, 0.15) is 6.04 Å². The maximum atomic E-state index is 5.12. The van der Waals surface area contributed by atoms with E-state index in [1.807, 2.05) is 24.0 Å². The predicted molar refractivity (Wildman–Crippen MR) is 113 cm³/mol. The highest BCUT2D eigenvalue weighted by atomic mass is 32.2. The minimum atomic E-state index is 0.0487. The molecule has 1 saturated heterocycles. The van der Waals surface area contributed by atoms with Gasteiger partial charge in [0.25, 0.3) is 0 Å². The largest absolute Gasteiger partial charge is 0.345 e. The third-order valence-corrected chi connectivity index (χ3v) is 6.63. The van der Waals surface area contributed by atoms with Crippen molar-refractivity contribution in [3.05, 3.63) is 66.1 Å². The van der Waals surface area contributed by atoms with Gasteiger partial charge < -0.3 is 9.47 Å². The number of aliphatic imine (C=N–C) groups is 1. The van der Waals surface area contributed by atoms with E-state index in [2.05, 4.69) is 77.8 Å². The second-order valence-corrected chi connectivity index (χ2v) is 9.14. The topological polar surface area (TPSA) is 33.4 Å². The fraction of sp³-hybridized carbons (Fsp3) is 0.364. The van der Waals surface area contributed by atoms with E-state index >= 15 is 0 Å². The first kappa shape index (κ1) is 16.9. The van der Waals surface area contributed by atoms with Gasteiger partial charge in [-0.3, -0.25) is 9.98 Å². The number of para-hydroxylation sites is 1. The van der Waals surface area contributed by atoms with E-state index in [9.17, 15) is 0 Å². The summed E-state index contributed by atoms with van der Waals surface area (Å²) in [6.07, 6.45) is 4.23. The Kier molecular flexibility index (Phi) is 4.01. The van der Waals surface area contributed by atoms with Crippen LogP contribution in [0.1, 0.15) is 50.2 Å². The van der Waals surface area contributed by atoms with Crippen molar-refractivity contribution < 1.29 is 0 Å². The fourth-order valence-corrected chi connectivity index (χ4v) is 5.44. The molecule has 0 bridgehead atoms. The van der Waals surface area contributed by atoms with Crippen molar-refractivity contribution in [2.45, 2.75) is 44.1 Å². The Bertz CT molecular complexity index is 1010. The Hall–Kier alpha value is -2.27. The average molecular weight is 377 g/mol. The number of pyridine rings is 1. The van der Waals surface area contributed by atoms with E-state index < -0.39 is 0 Å². The van der Waals surface area contributed by atoms with Crippen LogP contribution in [-0.4, -0.2) is 31.4 Å². The third-order valence-electron chi connectivity index (χ3n) is 5.53. The molecule has 0 N–H and O–H groups in total. The molecule has 2 aliphatic heterocycles. The summed E-state index contributed by atoms with van der Waals surface area (Å²) in [5.41, 5.74) is 3.72. The maximum Gasteiger partial charge on any atom is 0.160 e. The molecule has 1 aromatic carbocycles. The minimum absolute atomic E-state index is 0.0487. The molecule has 2 aliphatic rings. The van der Waals surface area contributed by atoms with Crippen LogP contribution in [0.3, 0.4) is 0 Å². The van der Waals surface area contributed by atoms with Gasteiger partial charge in [-0.1, -0.05) is 43.0 Å². The zero-order chi connectivity index (χ0) is 18.5. The van der Waals surface area contributed by atoms with Gasteiger partial charge >= 0.3 is 0 Å². The summed E-state index contributed by atoms with van der Waals surface area (Å²) in [5, 5.41) is 3.08. The number of hydrogen-bond acceptors (Lipinski definition) is 4. The first-order valence-electron chi connectivity index (χ1n) is 9.65. The van der Waals surface area contributed by atoms with E-state index in [0.29, 0.717) is 11.3 Å². The number of rotatable bonds is 3. The smallest absolute Gasteiger partial charge is 0.160 e. The van der Waals surface area contributed by atoms with Crippen LogP contribution in [0.4, 0.5) is 0 Å². The molecule has 4 heterocycles.